The molecule has 1 aromatic heterocycles. The van der Waals surface area contributed by atoms with Gasteiger partial charge in [-0.15, -0.1) is 0 Å². The molecule has 0 radical (unpaired) electrons. The van der Waals surface area contributed by atoms with E-state index < -0.39 is 0 Å². The van der Waals surface area contributed by atoms with Crippen molar-refractivity contribution in [2.45, 2.75) is 33.7 Å². The van der Waals surface area contributed by atoms with Crippen LogP contribution in [0.3, 0.4) is 0 Å². The fraction of sp³-hybridized carbons (Fsp3) is 0.750. The standard InChI is InChI=1S/C12H23N3/c1-6-13-12(10(4)9(2)3)11-7-8-14-15(11)5/h7-10,12-13H,6H2,1-5H3. The zero-order chi connectivity index (χ0) is 11.4. The molecule has 1 aromatic rings. The van der Waals surface area contributed by atoms with Crippen molar-refractivity contribution in [3.63, 3.8) is 0 Å². The van der Waals surface area contributed by atoms with Crippen molar-refractivity contribution in [1.29, 1.82) is 0 Å². The molecule has 0 amide bonds. The molecule has 3 heteroatoms. The molecule has 2 unspecified atom stereocenters. The highest BCUT2D eigenvalue weighted by atomic mass is 15.3. The van der Waals surface area contributed by atoms with Crippen LogP contribution in [0.4, 0.5) is 0 Å². The Kier molecular flexibility index (Phi) is 4.33. The van der Waals surface area contributed by atoms with E-state index in [-0.39, 0.29) is 0 Å². The molecule has 1 heterocycles. The van der Waals surface area contributed by atoms with Gasteiger partial charge in [-0.25, -0.2) is 0 Å². The zero-order valence-electron chi connectivity index (χ0n) is 10.5. The van der Waals surface area contributed by atoms with Crippen molar-refractivity contribution < 1.29 is 0 Å². The average Bonchev–Trinajstić information content (AvgIpc) is 2.59. The van der Waals surface area contributed by atoms with Gasteiger partial charge in [0.05, 0.1) is 11.7 Å². The van der Waals surface area contributed by atoms with Crippen molar-refractivity contribution in [3.05, 3.63) is 18.0 Å². The minimum absolute atomic E-state index is 0.405. The van der Waals surface area contributed by atoms with Gasteiger partial charge in [0.2, 0.25) is 0 Å². The van der Waals surface area contributed by atoms with Gasteiger partial charge in [0.1, 0.15) is 0 Å². The lowest BCUT2D eigenvalue weighted by Crippen LogP contribution is -2.31. The Balaban J connectivity index is 2.87. The van der Waals surface area contributed by atoms with E-state index >= 15 is 0 Å². The Morgan fingerprint density at radius 3 is 2.47 bits per heavy atom. The molecule has 0 fully saturated rings. The first kappa shape index (κ1) is 12.2. The fourth-order valence-electron chi connectivity index (χ4n) is 1.85. The first-order valence-corrected chi connectivity index (χ1v) is 5.79. The summed E-state index contributed by atoms with van der Waals surface area (Å²) in [5.74, 6) is 1.28. The van der Waals surface area contributed by atoms with Crippen molar-refractivity contribution in [2.75, 3.05) is 6.54 Å². The van der Waals surface area contributed by atoms with Crippen LogP contribution in [0.2, 0.25) is 0 Å². The Labute approximate surface area is 92.9 Å². The molecule has 0 aliphatic heterocycles. The topological polar surface area (TPSA) is 29.9 Å². The van der Waals surface area contributed by atoms with Gasteiger partial charge in [-0.05, 0) is 24.4 Å². The van der Waals surface area contributed by atoms with Gasteiger partial charge in [-0.1, -0.05) is 27.7 Å². The predicted octanol–water partition coefficient (Wildman–Crippen LogP) is 2.36. The lowest BCUT2D eigenvalue weighted by molar-refractivity contribution is 0.296. The van der Waals surface area contributed by atoms with E-state index in [1.54, 1.807) is 0 Å². The Bertz CT molecular complexity index is 291. The second kappa shape index (κ2) is 5.31. The predicted molar refractivity (Wildman–Crippen MR) is 63.6 cm³/mol. The van der Waals surface area contributed by atoms with E-state index in [1.165, 1.54) is 5.69 Å². The first-order valence-electron chi connectivity index (χ1n) is 5.79. The molecule has 0 saturated heterocycles. The van der Waals surface area contributed by atoms with E-state index in [4.69, 9.17) is 0 Å². The highest BCUT2D eigenvalue weighted by Gasteiger charge is 2.23. The number of nitrogens with one attached hydrogen (secondary N) is 1. The number of aryl methyl sites for hydroxylation is 1. The molecule has 0 aliphatic rings. The fourth-order valence-corrected chi connectivity index (χ4v) is 1.85. The molecular weight excluding hydrogens is 186 g/mol. The van der Waals surface area contributed by atoms with Crippen LogP contribution in [0.1, 0.15) is 39.4 Å². The third-order valence-electron chi connectivity index (χ3n) is 3.18. The maximum atomic E-state index is 4.24. The van der Waals surface area contributed by atoms with Gasteiger partial charge in [0.25, 0.3) is 0 Å². The highest BCUT2D eigenvalue weighted by Crippen LogP contribution is 2.26. The molecule has 3 nitrogen and oxygen atoms in total. The number of aromatic nitrogens is 2. The van der Waals surface area contributed by atoms with Crippen LogP contribution in [0.15, 0.2) is 12.3 Å². The summed E-state index contributed by atoms with van der Waals surface area (Å²) >= 11 is 0. The lowest BCUT2D eigenvalue weighted by Gasteiger charge is -2.27. The number of hydrogen-bond acceptors (Lipinski definition) is 2. The zero-order valence-corrected chi connectivity index (χ0v) is 10.5. The van der Waals surface area contributed by atoms with E-state index in [0.717, 1.165) is 6.54 Å². The summed E-state index contributed by atoms with van der Waals surface area (Å²) in [4.78, 5) is 0. The summed E-state index contributed by atoms with van der Waals surface area (Å²) < 4.78 is 1.96. The summed E-state index contributed by atoms with van der Waals surface area (Å²) in [6, 6.07) is 2.51. The normalized spacial score (nSPS) is 15.6. The van der Waals surface area contributed by atoms with Crippen LogP contribution in [-0.4, -0.2) is 16.3 Å². The summed E-state index contributed by atoms with van der Waals surface area (Å²) in [5, 5.41) is 7.78. The Morgan fingerprint density at radius 1 is 1.40 bits per heavy atom. The molecule has 0 spiro atoms. The van der Waals surface area contributed by atoms with Crippen LogP contribution in [0, 0.1) is 11.8 Å². The summed E-state index contributed by atoms with van der Waals surface area (Å²) in [6.45, 7) is 9.98. The largest absolute Gasteiger partial charge is 0.309 e. The molecule has 15 heavy (non-hydrogen) atoms. The number of nitrogens with zero attached hydrogens (tertiary/aromatic N) is 2. The monoisotopic (exact) mass is 209 g/mol. The summed E-state index contributed by atoms with van der Waals surface area (Å²) in [7, 11) is 2.01. The molecular formula is C12H23N3. The second-order valence-electron chi connectivity index (χ2n) is 4.52. The van der Waals surface area contributed by atoms with Gasteiger partial charge < -0.3 is 5.32 Å². The molecule has 2 atom stereocenters. The molecule has 1 N–H and O–H groups in total. The van der Waals surface area contributed by atoms with Crippen LogP contribution in [0.5, 0.6) is 0 Å². The maximum Gasteiger partial charge on any atom is 0.0553 e. The van der Waals surface area contributed by atoms with E-state index in [2.05, 4.69) is 44.2 Å². The van der Waals surface area contributed by atoms with Crippen LogP contribution in [0.25, 0.3) is 0 Å². The van der Waals surface area contributed by atoms with Crippen LogP contribution in [-0.2, 0) is 7.05 Å². The maximum absolute atomic E-state index is 4.24. The SMILES string of the molecule is CCNC(c1ccnn1C)C(C)C(C)C. The molecule has 0 saturated carbocycles. The summed E-state index contributed by atoms with van der Waals surface area (Å²) in [6.07, 6.45) is 1.87. The Hall–Kier alpha value is -0.830. The van der Waals surface area contributed by atoms with Gasteiger partial charge in [0.15, 0.2) is 0 Å². The third kappa shape index (κ3) is 2.81. The van der Waals surface area contributed by atoms with Crippen molar-refractivity contribution >= 4 is 0 Å². The molecule has 0 aromatic carbocycles. The van der Waals surface area contributed by atoms with Crippen LogP contribution < -0.4 is 5.32 Å². The van der Waals surface area contributed by atoms with Crippen molar-refractivity contribution in [1.82, 2.24) is 15.1 Å². The van der Waals surface area contributed by atoms with Gasteiger partial charge in [-0.2, -0.15) is 5.10 Å². The lowest BCUT2D eigenvalue weighted by atomic mass is 9.88. The number of hydrogen-bond donors (Lipinski definition) is 1. The van der Waals surface area contributed by atoms with Crippen LogP contribution >= 0.6 is 0 Å². The average molecular weight is 209 g/mol. The molecule has 0 bridgehead atoms. The van der Waals surface area contributed by atoms with Gasteiger partial charge in [0, 0.05) is 13.2 Å². The first-order chi connectivity index (χ1) is 7.07. The third-order valence-corrected chi connectivity index (χ3v) is 3.18. The minimum atomic E-state index is 0.405. The smallest absolute Gasteiger partial charge is 0.0553 e. The van der Waals surface area contributed by atoms with E-state index in [0.29, 0.717) is 17.9 Å². The van der Waals surface area contributed by atoms with Gasteiger partial charge in [-0.3, -0.25) is 4.68 Å². The van der Waals surface area contributed by atoms with Crippen molar-refractivity contribution in [3.8, 4) is 0 Å². The Morgan fingerprint density at radius 2 is 2.07 bits per heavy atom. The highest BCUT2D eigenvalue weighted by molar-refractivity contribution is 5.08. The number of rotatable bonds is 5. The minimum Gasteiger partial charge on any atom is -0.309 e. The summed E-state index contributed by atoms with van der Waals surface area (Å²) in [5.41, 5.74) is 1.28. The molecule has 86 valence electrons. The molecule has 0 aliphatic carbocycles. The van der Waals surface area contributed by atoms with E-state index in [9.17, 15) is 0 Å². The van der Waals surface area contributed by atoms with E-state index in [1.807, 2.05) is 17.9 Å². The second-order valence-corrected chi connectivity index (χ2v) is 4.52. The molecule has 1 rings (SSSR count). The van der Waals surface area contributed by atoms with Gasteiger partial charge >= 0.3 is 0 Å². The quantitative estimate of drug-likeness (QED) is 0.807. The van der Waals surface area contributed by atoms with Crippen molar-refractivity contribution in [2.24, 2.45) is 18.9 Å².